The molecule has 0 radical (unpaired) electrons. The van der Waals surface area contributed by atoms with Crippen molar-refractivity contribution in [3.8, 4) is 0 Å². The highest BCUT2D eigenvalue weighted by Crippen LogP contribution is 2.22. The molecule has 6 nitrogen and oxygen atoms in total. The summed E-state index contributed by atoms with van der Waals surface area (Å²) in [5.41, 5.74) is 4.96. The van der Waals surface area contributed by atoms with Crippen LogP contribution in [0.15, 0.2) is 48.8 Å². The van der Waals surface area contributed by atoms with Gasteiger partial charge in [-0.1, -0.05) is 24.1 Å². The Kier molecular flexibility index (Phi) is 6.45. The lowest BCUT2D eigenvalue weighted by Gasteiger charge is -2.21. The third-order valence-electron chi connectivity index (χ3n) is 3.24. The number of pyridine rings is 1. The summed E-state index contributed by atoms with van der Waals surface area (Å²) in [6, 6.07) is 10.0. The van der Waals surface area contributed by atoms with Crippen molar-refractivity contribution in [1.29, 1.82) is 0 Å². The summed E-state index contributed by atoms with van der Waals surface area (Å²) in [5, 5.41) is 0. The van der Waals surface area contributed by atoms with Gasteiger partial charge in [0.1, 0.15) is 0 Å². The van der Waals surface area contributed by atoms with Gasteiger partial charge >= 0.3 is 12.1 Å². The van der Waals surface area contributed by atoms with Crippen LogP contribution in [0, 0.1) is 0 Å². The Bertz CT molecular complexity index is 754. The van der Waals surface area contributed by atoms with Crippen LogP contribution in [0.4, 0.5) is 18.9 Å². The van der Waals surface area contributed by atoms with Crippen LogP contribution in [-0.2, 0) is 11.3 Å². The number of carbonyl (C=O) groups is 2. The second-order valence-corrected chi connectivity index (χ2v) is 5.84. The maximum Gasteiger partial charge on any atom is 0.472 e. The van der Waals surface area contributed by atoms with Crippen LogP contribution in [0.25, 0.3) is 0 Å². The standard InChI is InChI=1S/C16H15F3N4O2S/c1-26-23(13-3-2-8-20-9-13)10-11-4-6-12(7-5-11)14(24)21-22-15(25)16(17,18)19/h2-9H,10H2,1H3,(H,21,24)(H,22,25). The first-order valence-corrected chi connectivity index (χ1v) is 8.47. The monoisotopic (exact) mass is 384 g/mol. The van der Waals surface area contributed by atoms with E-state index in [1.807, 2.05) is 22.7 Å². The minimum atomic E-state index is -5.06. The number of nitrogens with one attached hydrogen (secondary N) is 2. The van der Waals surface area contributed by atoms with Crippen molar-refractivity contribution in [2.24, 2.45) is 0 Å². The molecule has 0 atom stereocenters. The van der Waals surface area contributed by atoms with E-state index in [1.54, 1.807) is 30.0 Å². The highest BCUT2D eigenvalue weighted by atomic mass is 32.2. The number of anilines is 1. The highest BCUT2D eigenvalue weighted by molar-refractivity contribution is 7.99. The van der Waals surface area contributed by atoms with Gasteiger partial charge in [-0.3, -0.25) is 25.4 Å². The van der Waals surface area contributed by atoms with Crippen molar-refractivity contribution < 1.29 is 22.8 Å². The molecule has 0 aliphatic rings. The van der Waals surface area contributed by atoms with Crippen molar-refractivity contribution in [2.45, 2.75) is 12.7 Å². The van der Waals surface area contributed by atoms with E-state index in [0.29, 0.717) is 6.54 Å². The van der Waals surface area contributed by atoms with Crippen LogP contribution in [0.5, 0.6) is 0 Å². The number of rotatable bonds is 5. The number of hydrogen-bond donors (Lipinski definition) is 2. The molecule has 0 unspecified atom stereocenters. The number of hydrazine groups is 1. The molecule has 2 rings (SSSR count). The second kappa shape index (κ2) is 8.56. The summed E-state index contributed by atoms with van der Waals surface area (Å²) in [6.45, 7) is 0.541. The third kappa shape index (κ3) is 5.38. The Morgan fingerprint density at radius 3 is 2.38 bits per heavy atom. The minimum absolute atomic E-state index is 0.119. The Labute approximate surface area is 151 Å². The molecular weight excluding hydrogens is 369 g/mol. The van der Waals surface area contributed by atoms with E-state index < -0.39 is 18.0 Å². The molecular formula is C16H15F3N4O2S. The van der Waals surface area contributed by atoms with Crippen LogP contribution in [0.2, 0.25) is 0 Å². The molecule has 2 amide bonds. The summed E-state index contributed by atoms with van der Waals surface area (Å²) >= 11 is 1.50. The van der Waals surface area contributed by atoms with Crippen LogP contribution in [0.3, 0.4) is 0 Å². The van der Waals surface area contributed by atoms with Crippen molar-refractivity contribution in [1.82, 2.24) is 15.8 Å². The molecule has 0 saturated heterocycles. The second-order valence-electron chi connectivity index (χ2n) is 5.03. The molecule has 2 aromatic rings. The minimum Gasteiger partial charge on any atom is -0.310 e. The van der Waals surface area contributed by atoms with E-state index >= 15 is 0 Å². The van der Waals surface area contributed by atoms with Crippen molar-refractivity contribution in [3.05, 3.63) is 59.9 Å². The number of aromatic nitrogens is 1. The maximum atomic E-state index is 12.1. The van der Waals surface area contributed by atoms with E-state index in [2.05, 4.69) is 4.98 Å². The van der Waals surface area contributed by atoms with Crippen LogP contribution in [-0.4, -0.2) is 29.2 Å². The molecule has 1 aromatic carbocycles. The molecule has 138 valence electrons. The molecule has 0 aliphatic carbocycles. The first-order chi connectivity index (χ1) is 12.3. The molecule has 0 aliphatic heterocycles. The number of nitrogens with zero attached hydrogens (tertiary/aromatic N) is 2. The maximum absolute atomic E-state index is 12.1. The fourth-order valence-electron chi connectivity index (χ4n) is 1.95. The van der Waals surface area contributed by atoms with Gasteiger partial charge in [-0.25, -0.2) is 0 Å². The van der Waals surface area contributed by atoms with Crippen molar-refractivity contribution in [2.75, 3.05) is 10.6 Å². The lowest BCUT2D eigenvalue weighted by Crippen LogP contribution is -2.47. The van der Waals surface area contributed by atoms with E-state index in [9.17, 15) is 22.8 Å². The summed E-state index contributed by atoms with van der Waals surface area (Å²) in [4.78, 5) is 26.5. The van der Waals surface area contributed by atoms with Crippen molar-refractivity contribution in [3.63, 3.8) is 0 Å². The quantitative estimate of drug-likeness (QED) is 0.613. The molecule has 0 fully saturated rings. The largest absolute Gasteiger partial charge is 0.472 e. The number of halogens is 3. The van der Waals surface area contributed by atoms with Gasteiger partial charge < -0.3 is 4.31 Å². The smallest absolute Gasteiger partial charge is 0.310 e. The average Bonchev–Trinajstić information content (AvgIpc) is 2.64. The molecule has 10 heteroatoms. The van der Waals surface area contributed by atoms with Gasteiger partial charge in [-0.2, -0.15) is 13.2 Å². The van der Waals surface area contributed by atoms with E-state index in [4.69, 9.17) is 0 Å². The first-order valence-electron chi connectivity index (χ1n) is 7.29. The summed E-state index contributed by atoms with van der Waals surface area (Å²) in [6.07, 6.45) is 0.247. The Hall–Kier alpha value is -2.75. The summed E-state index contributed by atoms with van der Waals surface area (Å²) < 4.78 is 38.2. The molecule has 2 N–H and O–H groups in total. The zero-order valence-corrected chi connectivity index (χ0v) is 14.4. The van der Waals surface area contributed by atoms with Gasteiger partial charge in [0.2, 0.25) is 0 Å². The van der Waals surface area contributed by atoms with Gasteiger partial charge in [0.05, 0.1) is 18.4 Å². The molecule has 0 bridgehead atoms. The number of alkyl halides is 3. The highest BCUT2D eigenvalue weighted by Gasteiger charge is 2.38. The van der Waals surface area contributed by atoms with Crippen molar-refractivity contribution >= 4 is 29.4 Å². The average molecular weight is 384 g/mol. The predicted octanol–water partition coefficient (Wildman–Crippen LogP) is 2.69. The molecule has 0 spiro atoms. The molecule has 26 heavy (non-hydrogen) atoms. The fraction of sp³-hybridized carbons (Fsp3) is 0.188. The number of amides is 2. The van der Waals surface area contributed by atoms with Gasteiger partial charge in [0, 0.05) is 18.0 Å². The van der Waals surface area contributed by atoms with Crippen LogP contribution in [0.1, 0.15) is 15.9 Å². The molecule has 1 aromatic heterocycles. The Morgan fingerprint density at radius 1 is 1.15 bits per heavy atom. The lowest BCUT2D eigenvalue weighted by atomic mass is 10.1. The van der Waals surface area contributed by atoms with Gasteiger partial charge in [0.15, 0.2) is 0 Å². The van der Waals surface area contributed by atoms with Gasteiger partial charge in [-0.15, -0.1) is 0 Å². The predicted molar refractivity (Wildman–Crippen MR) is 92.0 cm³/mol. The summed E-state index contributed by atoms with van der Waals surface area (Å²) in [7, 11) is 0. The first kappa shape index (κ1) is 19.6. The van der Waals surface area contributed by atoms with E-state index in [1.165, 1.54) is 29.5 Å². The van der Waals surface area contributed by atoms with Crippen LogP contribution < -0.4 is 15.2 Å². The SMILES string of the molecule is CSN(Cc1ccc(C(=O)NNC(=O)C(F)(F)F)cc1)c1cccnc1. The lowest BCUT2D eigenvalue weighted by molar-refractivity contribution is -0.174. The summed E-state index contributed by atoms with van der Waals surface area (Å²) in [5.74, 6) is -3.09. The van der Waals surface area contributed by atoms with Crippen LogP contribution >= 0.6 is 11.9 Å². The normalized spacial score (nSPS) is 10.9. The van der Waals surface area contributed by atoms with Gasteiger partial charge in [0.25, 0.3) is 5.91 Å². The fourth-order valence-corrected chi connectivity index (χ4v) is 2.54. The third-order valence-corrected chi connectivity index (χ3v) is 4.02. The Morgan fingerprint density at radius 2 is 1.85 bits per heavy atom. The van der Waals surface area contributed by atoms with E-state index in [-0.39, 0.29) is 5.56 Å². The molecule has 0 saturated carbocycles. The number of benzene rings is 1. The zero-order chi connectivity index (χ0) is 19.2. The number of carbonyl (C=O) groups excluding carboxylic acids is 2. The van der Waals surface area contributed by atoms with E-state index in [0.717, 1.165) is 11.3 Å². The zero-order valence-electron chi connectivity index (χ0n) is 13.6. The topological polar surface area (TPSA) is 74.3 Å². The number of hydrogen-bond acceptors (Lipinski definition) is 5. The molecule has 1 heterocycles. The van der Waals surface area contributed by atoms with Gasteiger partial charge in [-0.05, 0) is 29.8 Å². The Balaban J connectivity index is 1.97.